The van der Waals surface area contributed by atoms with E-state index in [-0.39, 0.29) is 27.9 Å². The van der Waals surface area contributed by atoms with E-state index in [1.165, 1.54) is 12.0 Å². The first-order valence-electron chi connectivity index (χ1n) is 11.4. The standard InChI is InChI=1S/C26H43NO2/c1-10-23(3,4)19-14-15-21(20(18-19)24(5,6)11-2)29-22(28)27-26(9)17-13-12-16-25(26,7)8/h14-15,18H,10-13,16-17H2,1-9H3,(H,27,28). The van der Waals surface area contributed by atoms with E-state index in [0.717, 1.165) is 37.7 Å². The highest BCUT2D eigenvalue weighted by Crippen LogP contribution is 2.44. The Balaban J connectivity index is 2.33. The first kappa shape index (κ1) is 23.8. The summed E-state index contributed by atoms with van der Waals surface area (Å²) in [5, 5.41) is 3.23. The number of carbonyl (C=O) groups excluding carboxylic acids is 1. The third-order valence-electron chi connectivity index (χ3n) is 8.06. The summed E-state index contributed by atoms with van der Waals surface area (Å²) in [4.78, 5) is 12.9. The molecule has 0 spiro atoms. The number of hydrogen-bond donors (Lipinski definition) is 1. The molecule has 29 heavy (non-hydrogen) atoms. The minimum Gasteiger partial charge on any atom is -0.410 e. The number of ether oxygens (including phenoxy) is 1. The Morgan fingerprint density at radius 1 is 1.00 bits per heavy atom. The minimum absolute atomic E-state index is 0.0603. The molecule has 1 aromatic rings. The van der Waals surface area contributed by atoms with Gasteiger partial charge in [0.1, 0.15) is 5.75 Å². The van der Waals surface area contributed by atoms with Gasteiger partial charge in [0.2, 0.25) is 0 Å². The van der Waals surface area contributed by atoms with Crippen LogP contribution in [-0.2, 0) is 10.8 Å². The van der Waals surface area contributed by atoms with Crippen LogP contribution in [0.4, 0.5) is 4.79 Å². The zero-order valence-corrected chi connectivity index (χ0v) is 20.3. The van der Waals surface area contributed by atoms with Gasteiger partial charge in [-0.1, -0.05) is 80.4 Å². The van der Waals surface area contributed by atoms with Crippen LogP contribution in [0.2, 0.25) is 0 Å². The molecule has 0 aliphatic heterocycles. The van der Waals surface area contributed by atoms with Crippen LogP contribution in [-0.4, -0.2) is 11.6 Å². The van der Waals surface area contributed by atoms with Crippen LogP contribution in [0.3, 0.4) is 0 Å². The number of hydrogen-bond acceptors (Lipinski definition) is 2. The highest BCUT2D eigenvalue weighted by molar-refractivity contribution is 5.72. The largest absolute Gasteiger partial charge is 0.413 e. The maximum Gasteiger partial charge on any atom is 0.413 e. The second-order valence-electron chi connectivity index (χ2n) is 11.1. The van der Waals surface area contributed by atoms with Gasteiger partial charge >= 0.3 is 6.09 Å². The smallest absolute Gasteiger partial charge is 0.410 e. The van der Waals surface area contributed by atoms with E-state index in [2.05, 4.69) is 79.8 Å². The van der Waals surface area contributed by atoms with Crippen molar-refractivity contribution in [3.63, 3.8) is 0 Å². The quantitative estimate of drug-likeness (QED) is 0.535. The van der Waals surface area contributed by atoms with E-state index in [0.29, 0.717) is 5.75 Å². The zero-order valence-electron chi connectivity index (χ0n) is 20.3. The number of nitrogens with one attached hydrogen (secondary N) is 1. The summed E-state index contributed by atoms with van der Waals surface area (Å²) in [6.45, 7) is 20.1. The topological polar surface area (TPSA) is 38.3 Å². The first-order chi connectivity index (χ1) is 13.3. The highest BCUT2D eigenvalue weighted by atomic mass is 16.6. The van der Waals surface area contributed by atoms with Gasteiger partial charge in [-0.3, -0.25) is 0 Å². The Bertz CT molecular complexity index is 732. The number of benzene rings is 1. The summed E-state index contributed by atoms with van der Waals surface area (Å²) in [7, 11) is 0. The van der Waals surface area contributed by atoms with Gasteiger partial charge in [0.15, 0.2) is 0 Å². The van der Waals surface area contributed by atoms with Crippen molar-refractivity contribution < 1.29 is 9.53 Å². The van der Waals surface area contributed by atoms with Gasteiger partial charge in [0.05, 0.1) is 0 Å². The molecule has 3 heteroatoms. The van der Waals surface area contributed by atoms with Gasteiger partial charge in [-0.2, -0.15) is 0 Å². The second kappa shape index (κ2) is 8.32. The van der Waals surface area contributed by atoms with Crippen molar-refractivity contribution in [1.82, 2.24) is 5.32 Å². The van der Waals surface area contributed by atoms with E-state index in [1.54, 1.807) is 0 Å². The highest BCUT2D eigenvalue weighted by Gasteiger charge is 2.44. The average Bonchev–Trinajstić information content (AvgIpc) is 2.64. The molecule has 1 aliphatic rings. The molecular weight excluding hydrogens is 358 g/mol. The van der Waals surface area contributed by atoms with Crippen molar-refractivity contribution in [3.05, 3.63) is 29.3 Å². The fourth-order valence-electron chi connectivity index (χ4n) is 4.21. The maximum absolute atomic E-state index is 12.9. The van der Waals surface area contributed by atoms with Crippen LogP contribution in [0.15, 0.2) is 18.2 Å². The summed E-state index contributed by atoms with van der Waals surface area (Å²) >= 11 is 0. The van der Waals surface area contributed by atoms with Crippen LogP contribution in [0, 0.1) is 5.41 Å². The van der Waals surface area contributed by atoms with Gasteiger partial charge in [-0.05, 0) is 60.5 Å². The van der Waals surface area contributed by atoms with Crippen molar-refractivity contribution in [1.29, 1.82) is 0 Å². The van der Waals surface area contributed by atoms with Gasteiger partial charge in [0.25, 0.3) is 0 Å². The van der Waals surface area contributed by atoms with E-state index in [9.17, 15) is 4.79 Å². The predicted molar refractivity (Wildman–Crippen MR) is 123 cm³/mol. The molecule has 0 bridgehead atoms. The van der Waals surface area contributed by atoms with Gasteiger partial charge in [-0.25, -0.2) is 4.79 Å². The zero-order chi connectivity index (χ0) is 22.1. The molecule has 1 fully saturated rings. The van der Waals surface area contributed by atoms with Gasteiger partial charge in [-0.15, -0.1) is 0 Å². The van der Waals surface area contributed by atoms with Crippen molar-refractivity contribution in [2.75, 3.05) is 0 Å². The molecule has 1 amide bonds. The van der Waals surface area contributed by atoms with E-state index < -0.39 is 0 Å². The normalized spacial score (nSPS) is 22.2. The predicted octanol–water partition coefficient (Wildman–Crippen LogP) is 7.51. The summed E-state index contributed by atoms with van der Waals surface area (Å²) in [6, 6.07) is 6.36. The molecule has 0 heterocycles. The number of carbonyl (C=O) groups is 1. The molecule has 1 aromatic carbocycles. The van der Waals surface area contributed by atoms with Crippen LogP contribution >= 0.6 is 0 Å². The Labute approximate surface area is 179 Å². The lowest BCUT2D eigenvalue weighted by atomic mass is 9.64. The molecular formula is C26H43NO2. The summed E-state index contributed by atoms with van der Waals surface area (Å²) < 4.78 is 5.95. The third kappa shape index (κ3) is 4.98. The third-order valence-corrected chi connectivity index (χ3v) is 8.06. The molecule has 0 aromatic heterocycles. The summed E-state index contributed by atoms with van der Waals surface area (Å²) in [5.41, 5.74) is 2.26. The second-order valence-corrected chi connectivity index (χ2v) is 11.1. The molecule has 1 atom stereocenters. The fourth-order valence-corrected chi connectivity index (χ4v) is 4.21. The first-order valence-corrected chi connectivity index (χ1v) is 11.4. The molecule has 1 saturated carbocycles. The van der Waals surface area contributed by atoms with Crippen molar-refractivity contribution in [2.45, 2.75) is 117 Å². The molecule has 2 rings (SSSR count). The monoisotopic (exact) mass is 401 g/mol. The lowest BCUT2D eigenvalue weighted by Gasteiger charge is -2.48. The van der Waals surface area contributed by atoms with Gasteiger partial charge < -0.3 is 10.1 Å². The Hall–Kier alpha value is -1.51. The van der Waals surface area contributed by atoms with Crippen LogP contribution in [0.25, 0.3) is 0 Å². The Kier molecular flexibility index (Phi) is 6.82. The fraction of sp³-hybridized carbons (Fsp3) is 0.731. The van der Waals surface area contributed by atoms with E-state index in [1.807, 2.05) is 6.07 Å². The Morgan fingerprint density at radius 3 is 2.14 bits per heavy atom. The molecule has 1 aliphatic carbocycles. The number of rotatable bonds is 6. The Morgan fingerprint density at radius 2 is 1.59 bits per heavy atom. The molecule has 1 unspecified atom stereocenters. The SMILES string of the molecule is CCC(C)(C)c1ccc(OC(=O)NC2(C)CCCCC2(C)C)c(C(C)(C)CC)c1. The minimum atomic E-state index is -0.335. The molecule has 0 saturated heterocycles. The number of amides is 1. The van der Waals surface area contributed by atoms with Gasteiger partial charge in [0, 0.05) is 11.1 Å². The van der Waals surface area contributed by atoms with Crippen molar-refractivity contribution in [3.8, 4) is 5.75 Å². The van der Waals surface area contributed by atoms with E-state index in [4.69, 9.17) is 4.74 Å². The lowest BCUT2D eigenvalue weighted by Crippen LogP contribution is -2.58. The van der Waals surface area contributed by atoms with Crippen LogP contribution in [0.1, 0.15) is 112 Å². The van der Waals surface area contributed by atoms with Crippen molar-refractivity contribution >= 4 is 6.09 Å². The average molecular weight is 402 g/mol. The van der Waals surface area contributed by atoms with Crippen LogP contribution in [0.5, 0.6) is 5.75 Å². The summed E-state index contributed by atoms with van der Waals surface area (Å²) in [5.74, 6) is 0.683. The molecule has 0 radical (unpaired) electrons. The van der Waals surface area contributed by atoms with E-state index >= 15 is 0 Å². The summed E-state index contributed by atoms with van der Waals surface area (Å²) in [6.07, 6.45) is 6.19. The molecule has 1 N–H and O–H groups in total. The lowest BCUT2D eigenvalue weighted by molar-refractivity contribution is 0.0768. The maximum atomic E-state index is 12.9. The molecule has 3 nitrogen and oxygen atoms in total. The molecule has 164 valence electrons. The van der Waals surface area contributed by atoms with Crippen molar-refractivity contribution in [2.24, 2.45) is 5.41 Å². The van der Waals surface area contributed by atoms with Crippen LogP contribution < -0.4 is 10.1 Å².